The van der Waals surface area contributed by atoms with Gasteiger partial charge in [-0.2, -0.15) is 5.10 Å². The zero-order valence-electron chi connectivity index (χ0n) is 19.5. The summed E-state index contributed by atoms with van der Waals surface area (Å²) in [7, 11) is 2.04. The highest BCUT2D eigenvalue weighted by atomic mass is 16.5. The lowest BCUT2D eigenvalue weighted by atomic mass is 10.1. The van der Waals surface area contributed by atoms with E-state index in [1.807, 2.05) is 11.7 Å². The summed E-state index contributed by atoms with van der Waals surface area (Å²) in [5.74, 6) is 1.01. The Labute approximate surface area is 182 Å². The predicted molar refractivity (Wildman–Crippen MR) is 121 cm³/mol. The van der Waals surface area contributed by atoms with Crippen molar-refractivity contribution >= 4 is 5.96 Å². The van der Waals surface area contributed by atoms with E-state index < -0.39 is 0 Å². The molecule has 3 rings (SSSR count). The molecule has 0 spiro atoms. The Morgan fingerprint density at radius 1 is 1.17 bits per heavy atom. The molecule has 2 saturated heterocycles. The van der Waals surface area contributed by atoms with Gasteiger partial charge in [-0.25, -0.2) is 4.99 Å². The zero-order chi connectivity index (χ0) is 21.3. The third-order valence-corrected chi connectivity index (χ3v) is 6.28. The van der Waals surface area contributed by atoms with Crippen LogP contribution in [0, 0.1) is 0 Å². The molecule has 0 aliphatic carbocycles. The van der Waals surface area contributed by atoms with Crippen LogP contribution in [0.4, 0.5) is 0 Å². The number of aryl methyl sites for hydroxylation is 2. The first-order chi connectivity index (χ1) is 14.7. The van der Waals surface area contributed by atoms with Crippen molar-refractivity contribution in [3.05, 3.63) is 17.0 Å². The predicted octanol–water partition coefficient (Wildman–Crippen LogP) is 3.06. The summed E-state index contributed by atoms with van der Waals surface area (Å²) in [5.41, 5.74) is 3.76. The van der Waals surface area contributed by atoms with Gasteiger partial charge in [0, 0.05) is 44.5 Å². The highest BCUT2D eigenvalue weighted by Crippen LogP contribution is 2.19. The number of nitrogens with zero attached hydrogens (tertiary/aromatic N) is 4. The van der Waals surface area contributed by atoms with Crippen molar-refractivity contribution in [1.82, 2.24) is 20.0 Å². The molecular weight excluding hydrogens is 378 g/mol. The summed E-state index contributed by atoms with van der Waals surface area (Å²) < 4.78 is 14.0. The number of rotatable bonds is 8. The molecule has 0 bridgehead atoms. The zero-order valence-corrected chi connectivity index (χ0v) is 19.5. The standard InChI is InChI=1S/C23H41N5O2/c1-5-21-20(22(6-2)27(4)26-21)16-25-23(24-7-3)28-13-11-18(12-14-28)30-17-19-10-8-9-15-29-19/h18-19H,5-17H2,1-4H3,(H,24,25). The number of hydrogen-bond donors (Lipinski definition) is 1. The summed E-state index contributed by atoms with van der Waals surface area (Å²) in [5, 5.41) is 8.18. The minimum Gasteiger partial charge on any atom is -0.376 e. The van der Waals surface area contributed by atoms with Gasteiger partial charge in [-0.1, -0.05) is 13.8 Å². The number of ether oxygens (including phenoxy) is 2. The van der Waals surface area contributed by atoms with Crippen molar-refractivity contribution in [2.24, 2.45) is 12.0 Å². The molecule has 0 saturated carbocycles. The molecule has 1 unspecified atom stereocenters. The second kappa shape index (κ2) is 11.7. The molecule has 7 heteroatoms. The van der Waals surface area contributed by atoms with E-state index in [2.05, 4.69) is 31.0 Å². The first kappa shape index (κ1) is 23.1. The second-order valence-corrected chi connectivity index (χ2v) is 8.38. The number of aromatic nitrogens is 2. The van der Waals surface area contributed by atoms with E-state index in [-0.39, 0.29) is 0 Å². The maximum atomic E-state index is 6.18. The molecule has 1 N–H and O–H groups in total. The smallest absolute Gasteiger partial charge is 0.194 e. The molecule has 2 aliphatic rings. The van der Waals surface area contributed by atoms with Crippen LogP contribution in [0.15, 0.2) is 4.99 Å². The van der Waals surface area contributed by atoms with E-state index >= 15 is 0 Å². The van der Waals surface area contributed by atoms with Crippen LogP contribution in [0.3, 0.4) is 0 Å². The molecule has 1 atom stereocenters. The first-order valence-electron chi connectivity index (χ1n) is 12.0. The van der Waals surface area contributed by atoms with E-state index in [1.165, 1.54) is 29.8 Å². The van der Waals surface area contributed by atoms with E-state index in [0.29, 0.717) is 18.8 Å². The molecule has 2 aliphatic heterocycles. The number of nitrogens with one attached hydrogen (secondary N) is 1. The van der Waals surface area contributed by atoms with Gasteiger partial charge in [0.15, 0.2) is 5.96 Å². The first-order valence-corrected chi connectivity index (χ1v) is 12.0. The van der Waals surface area contributed by atoms with Crippen molar-refractivity contribution in [2.45, 2.75) is 84.5 Å². The third-order valence-electron chi connectivity index (χ3n) is 6.28. The average molecular weight is 420 g/mol. The Hall–Kier alpha value is -1.60. The van der Waals surface area contributed by atoms with Crippen LogP contribution in [-0.2, 0) is 35.9 Å². The van der Waals surface area contributed by atoms with Gasteiger partial charge in [-0.15, -0.1) is 0 Å². The average Bonchev–Trinajstić information content (AvgIpc) is 3.10. The Balaban J connectivity index is 1.55. The Kier molecular flexibility index (Phi) is 9.00. The maximum Gasteiger partial charge on any atom is 0.194 e. The Morgan fingerprint density at radius 3 is 2.60 bits per heavy atom. The topological polar surface area (TPSA) is 63.9 Å². The van der Waals surface area contributed by atoms with Gasteiger partial charge in [0.05, 0.1) is 31.1 Å². The molecule has 0 aromatic carbocycles. The van der Waals surface area contributed by atoms with Gasteiger partial charge in [0.1, 0.15) is 0 Å². The summed E-state index contributed by atoms with van der Waals surface area (Å²) in [6.45, 7) is 11.7. The van der Waals surface area contributed by atoms with Gasteiger partial charge in [-0.05, 0) is 51.9 Å². The largest absolute Gasteiger partial charge is 0.376 e. The van der Waals surface area contributed by atoms with Crippen LogP contribution in [0.1, 0.15) is 69.8 Å². The molecule has 30 heavy (non-hydrogen) atoms. The van der Waals surface area contributed by atoms with Gasteiger partial charge >= 0.3 is 0 Å². The normalized spacial score (nSPS) is 21.3. The molecule has 7 nitrogen and oxygen atoms in total. The number of likely N-dealkylation sites (tertiary alicyclic amines) is 1. The van der Waals surface area contributed by atoms with Crippen LogP contribution in [0.5, 0.6) is 0 Å². The van der Waals surface area contributed by atoms with Crippen LogP contribution < -0.4 is 5.32 Å². The van der Waals surface area contributed by atoms with Crippen molar-refractivity contribution in [1.29, 1.82) is 0 Å². The highest BCUT2D eigenvalue weighted by molar-refractivity contribution is 5.80. The van der Waals surface area contributed by atoms with E-state index in [0.717, 1.165) is 70.9 Å². The molecule has 3 heterocycles. The molecule has 0 radical (unpaired) electrons. The molecule has 2 fully saturated rings. The lowest BCUT2D eigenvalue weighted by Gasteiger charge is -2.35. The second-order valence-electron chi connectivity index (χ2n) is 8.38. The van der Waals surface area contributed by atoms with Crippen LogP contribution in [0.2, 0.25) is 0 Å². The molecule has 170 valence electrons. The quantitative estimate of drug-likeness (QED) is 0.518. The van der Waals surface area contributed by atoms with Crippen molar-refractivity contribution < 1.29 is 9.47 Å². The van der Waals surface area contributed by atoms with Crippen LogP contribution >= 0.6 is 0 Å². The molecule has 1 aromatic heterocycles. The summed E-state index contributed by atoms with van der Waals surface area (Å²) >= 11 is 0. The summed E-state index contributed by atoms with van der Waals surface area (Å²) in [6.07, 6.45) is 8.27. The van der Waals surface area contributed by atoms with Crippen molar-refractivity contribution in [3.8, 4) is 0 Å². The van der Waals surface area contributed by atoms with Gasteiger partial charge in [0.2, 0.25) is 0 Å². The van der Waals surface area contributed by atoms with E-state index in [1.54, 1.807) is 0 Å². The van der Waals surface area contributed by atoms with Gasteiger partial charge in [-0.3, -0.25) is 4.68 Å². The lowest BCUT2D eigenvalue weighted by Crippen LogP contribution is -2.47. The Bertz CT molecular complexity index is 673. The number of hydrogen-bond acceptors (Lipinski definition) is 4. The van der Waals surface area contributed by atoms with Crippen LogP contribution in [-0.4, -0.2) is 65.7 Å². The fourth-order valence-corrected chi connectivity index (χ4v) is 4.57. The van der Waals surface area contributed by atoms with Crippen molar-refractivity contribution in [2.75, 3.05) is 32.8 Å². The molecule has 1 aromatic rings. The fourth-order valence-electron chi connectivity index (χ4n) is 4.57. The number of guanidine groups is 1. The summed E-state index contributed by atoms with van der Waals surface area (Å²) in [4.78, 5) is 7.38. The monoisotopic (exact) mass is 419 g/mol. The number of piperidine rings is 1. The summed E-state index contributed by atoms with van der Waals surface area (Å²) in [6, 6.07) is 0. The highest BCUT2D eigenvalue weighted by Gasteiger charge is 2.24. The van der Waals surface area contributed by atoms with E-state index in [9.17, 15) is 0 Å². The molecule has 0 amide bonds. The third kappa shape index (κ3) is 5.97. The van der Waals surface area contributed by atoms with Gasteiger partial charge in [0.25, 0.3) is 0 Å². The Morgan fingerprint density at radius 2 is 1.97 bits per heavy atom. The minimum atomic E-state index is 0.302. The van der Waals surface area contributed by atoms with Crippen LogP contribution in [0.25, 0.3) is 0 Å². The number of aliphatic imine (C=N–C) groups is 1. The van der Waals surface area contributed by atoms with Crippen molar-refractivity contribution in [3.63, 3.8) is 0 Å². The fraction of sp³-hybridized carbons (Fsp3) is 0.826. The van der Waals surface area contributed by atoms with E-state index in [4.69, 9.17) is 19.6 Å². The lowest BCUT2D eigenvalue weighted by molar-refractivity contribution is -0.0721. The SMILES string of the molecule is CCNC(=NCc1c(CC)nn(C)c1CC)N1CCC(OCC2CCCCO2)CC1. The maximum absolute atomic E-state index is 6.18. The minimum absolute atomic E-state index is 0.302. The molecular formula is C23H41N5O2. The van der Waals surface area contributed by atoms with Gasteiger partial charge < -0.3 is 19.7 Å².